The Morgan fingerprint density at radius 2 is 1.90 bits per heavy atom. The average molecular weight is 288 g/mol. The summed E-state index contributed by atoms with van der Waals surface area (Å²) in [6.07, 6.45) is 0.903. The number of aryl methyl sites for hydroxylation is 1. The smallest absolute Gasteiger partial charge is 0.258 e. The summed E-state index contributed by atoms with van der Waals surface area (Å²) in [5, 5.41) is 0.580. The van der Waals surface area contributed by atoms with Gasteiger partial charge in [-0.25, -0.2) is 0 Å². The van der Waals surface area contributed by atoms with Crippen LogP contribution in [0.4, 0.5) is 5.69 Å². The normalized spacial score (nSPS) is 10.3. The molecule has 0 aromatic heterocycles. The number of carbonyl (C=O) groups excluding carboxylic acids is 1. The van der Waals surface area contributed by atoms with Crippen molar-refractivity contribution in [1.29, 1.82) is 0 Å². The van der Waals surface area contributed by atoms with E-state index < -0.39 is 0 Å². The van der Waals surface area contributed by atoms with Gasteiger partial charge in [0.1, 0.15) is 0 Å². The Labute approximate surface area is 125 Å². The molecule has 0 saturated carbocycles. The molecule has 2 rings (SSSR count). The van der Waals surface area contributed by atoms with E-state index in [9.17, 15) is 4.79 Å². The molecule has 0 spiro atoms. The molecule has 0 atom stereocenters. The number of benzene rings is 2. The number of hydrogen-bond acceptors (Lipinski definition) is 1. The number of rotatable bonds is 4. The van der Waals surface area contributed by atoms with Gasteiger partial charge in [-0.3, -0.25) is 4.79 Å². The molecule has 2 aromatic rings. The van der Waals surface area contributed by atoms with Gasteiger partial charge < -0.3 is 4.90 Å². The molecule has 0 aliphatic heterocycles. The molecule has 104 valence electrons. The van der Waals surface area contributed by atoms with Gasteiger partial charge in [0.05, 0.1) is 0 Å². The lowest BCUT2D eigenvalue weighted by Crippen LogP contribution is -2.31. The summed E-state index contributed by atoms with van der Waals surface area (Å²) in [4.78, 5) is 14.5. The Hall–Kier alpha value is -1.80. The molecule has 2 aromatic carbocycles. The predicted octanol–water partition coefficient (Wildman–Crippen LogP) is 4.71. The fourth-order valence-electron chi connectivity index (χ4n) is 2.14. The van der Waals surface area contributed by atoms with Gasteiger partial charge in [0.25, 0.3) is 5.91 Å². The van der Waals surface area contributed by atoms with Crippen LogP contribution >= 0.6 is 11.6 Å². The third-order valence-electron chi connectivity index (χ3n) is 3.08. The van der Waals surface area contributed by atoms with Crippen molar-refractivity contribution in [2.24, 2.45) is 0 Å². The quantitative estimate of drug-likeness (QED) is 0.798. The zero-order valence-electron chi connectivity index (χ0n) is 11.8. The van der Waals surface area contributed by atoms with E-state index in [-0.39, 0.29) is 5.91 Å². The second-order valence-electron chi connectivity index (χ2n) is 4.81. The van der Waals surface area contributed by atoms with Crippen LogP contribution in [0, 0.1) is 6.92 Å². The van der Waals surface area contributed by atoms with Crippen LogP contribution in [0.1, 0.15) is 29.3 Å². The van der Waals surface area contributed by atoms with Crippen molar-refractivity contribution in [1.82, 2.24) is 0 Å². The van der Waals surface area contributed by atoms with E-state index in [4.69, 9.17) is 11.6 Å². The fraction of sp³-hybridized carbons (Fsp3) is 0.235. The maximum atomic E-state index is 12.7. The first-order valence-corrected chi connectivity index (χ1v) is 7.13. The summed E-state index contributed by atoms with van der Waals surface area (Å²) in [7, 11) is 0. The van der Waals surface area contributed by atoms with E-state index in [0.29, 0.717) is 17.1 Å². The summed E-state index contributed by atoms with van der Waals surface area (Å²) < 4.78 is 0. The monoisotopic (exact) mass is 287 g/mol. The zero-order valence-corrected chi connectivity index (χ0v) is 12.5. The molecular formula is C17H18ClNO. The van der Waals surface area contributed by atoms with Gasteiger partial charge in [-0.1, -0.05) is 36.7 Å². The summed E-state index contributed by atoms with van der Waals surface area (Å²) in [5.41, 5.74) is 2.69. The molecule has 0 aliphatic rings. The first-order chi connectivity index (χ1) is 9.61. The second-order valence-corrected chi connectivity index (χ2v) is 5.24. The van der Waals surface area contributed by atoms with Crippen LogP contribution in [0.25, 0.3) is 0 Å². The maximum absolute atomic E-state index is 12.7. The molecule has 0 saturated heterocycles. The van der Waals surface area contributed by atoms with Crippen LogP contribution in [0.3, 0.4) is 0 Å². The lowest BCUT2D eigenvalue weighted by Gasteiger charge is -2.23. The van der Waals surface area contributed by atoms with Crippen molar-refractivity contribution < 1.29 is 4.79 Å². The van der Waals surface area contributed by atoms with Crippen LogP contribution in [0.5, 0.6) is 0 Å². The van der Waals surface area contributed by atoms with Gasteiger partial charge in [0, 0.05) is 22.8 Å². The van der Waals surface area contributed by atoms with Gasteiger partial charge >= 0.3 is 0 Å². The molecule has 0 bridgehead atoms. The number of anilines is 1. The highest BCUT2D eigenvalue weighted by Gasteiger charge is 2.17. The van der Waals surface area contributed by atoms with E-state index in [0.717, 1.165) is 17.7 Å². The zero-order chi connectivity index (χ0) is 14.5. The Kier molecular flexibility index (Phi) is 4.80. The molecular weight excluding hydrogens is 270 g/mol. The van der Waals surface area contributed by atoms with Crippen LogP contribution in [-0.2, 0) is 0 Å². The van der Waals surface area contributed by atoms with Gasteiger partial charge in [-0.15, -0.1) is 0 Å². The number of carbonyl (C=O) groups is 1. The first-order valence-electron chi connectivity index (χ1n) is 6.76. The van der Waals surface area contributed by atoms with Crippen LogP contribution in [0.15, 0.2) is 48.5 Å². The van der Waals surface area contributed by atoms with E-state index in [1.807, 2.05) is 31.2 Å². The summed E-state index contributed by atoms with van der Waals surface area (Å²) in [5.74, 6) is -0.0139. The third kappa shape index (κ3) is 3.40. The number of amides is 1. The first kappa shape index (κ1) is 14.6. The van der Waals surface area contributed by atoms with Gasteiger partial charge in [-0.2, -0.15) is 0 Å². The lowest BCUT2D eigenvalue weighted by molar-refractivity contribution is 0.0987. The molecule has 2 nitrogen and oxygen atoms in total. The molecule has 3 heteroatoms. The summed E-state index contributed by atoms with van der Waals surface area (Å²) in [6.45, 7) is 4.78. The number of halogens is 1. The molecule has 1 amide bonds. The maximum Gasteiger partial charge on any atom is 0.258 e. The molecule has 0 N–H and O–H groups in total. The summed E-state index contributed by atoms with van der Waals surface area (Å²) in [6, 6.07) is 15.1. The SMILES string of the molecule is CCCN(C(=O)c1cccc(Cl)c1)c1cccc(C)c1. The predicted molar refractivity (Wildman–Crippen MR) is 84.6 cm³/mol. The Bertz CT molecular complexity index is 609. The molecule has 20 heavy (non-hydrogen) atoms. The Morgan fingerprint density at radius 1 is 1.15 bits per heavy atom. The minimum atomic E-state index is -0.0139. The van der Waals surface area contributed by atoms with Crippen molar-refractivity contribution >= 4 is 23.2 Å². The molecule has 0 heterocycles. The highest BCUT2D eigenvalue weighted by molar-refractivity contribution is 6.31. The van der Waals surface area contributed by atoms with Gasteiger partial charge in [0.15, 0.2) is 0 Å². The van der Waals surface area contributed by atoms with Crippen molar-refractivity contribution in [3.63, 3.8) is 0 Å². The van der Waals surface area contributed by atoms with Crippen LogP contribution in [-0.4, -0.2) is 12.5 Å². The second kappa shape index (κ2) is 6.58. The Balaban J connectivity index is 2.35. The van der Waals surface area contributed by atoms with Crippen molar-refractivity contribution in [3.05, 3.63) is 64.7 Å². The van der Waals surface area contributed by atoms with Crippen molar-refractivity contribution in [2.75, 3.05) is 11.4 Å². The largest absolute Gasteiger partial charge is 0.308 e. The summed E-state index contributed by atoms with van der Waals surface area (Å²) >= 11 is 5.97. The van der Waals surface area contributed by atoms with Crippen molar-refractivity contribution in [3.8, 4) is 0 Å². The highest BCUT2D eigenvalue weighted by Crippen LogP contribution is 2.20. The minimum Gasteiger partial charge on any atom is -0.308 e. The van der Waals surface area contributed by atoms with E-state index in [1.54, 1.807) is 29.2 Å². The topological polar surface area (TPSA) is 20.3 Å². The lowest BCUT2D eigenvalue weighted by atomic mass is 10.1. The molecule has 0 unspecified atom stereocenters. The molecule has 0 fully saturated rings. The van der Waals surface area contributed by atoms with Crippen molar-refractivity contribution in [2.45, 2.75) is 20.3 Å². The highest BCUT2D eigenvalue weighted by atomic mass is 35.5. The van der Waals surface area contributed by atoms with Gasteiger partial charge in [-0.05, 0) is 49.2 Å². The van der Waals surface area contributed by atoms with E-state index in [2.05, 4.69) is 6.92 Å². The fourth-order valence-corrected chi connectivity index (χ4v) is 2.34. The standard InChI is InChI=1S/C17H18ClNO/c1-3-10-19(16-9-4-6-13(2)11-16)17(20)14-7-5-8-15(18)12-14/h4-9,11-12H,3,10H2,1-2H3. The van der Waals surface area contributed by atoms with E-state index in [1.165, 1.54) is 0 Å². The van der Waals surface area contributed by atoms with Gasteiger partial charge in [0.2, 0.25) is 0 Å². The number of nitrogens with zero attached hydrogens (tertiary/aromatic N) is 1. The van der Waals surface area contributed by atoms with E-state index >= 15 is 0 Å². The number of hydrogen-bond donors (Lipinski definition) is 0. The average Bonchev–Trinajstić information content (AvgIpc) is 2.44. The molecule has 0 radical (unpaired) electrons. The Morgan fingerprint density at radius 3 is 2.55 bits per heavy atom. The van der Waals surface area contributed by atoms with Crippen LogP contribution in [0.2, 0.25) is 5.02 Å². The third-order valence-corrected chi connectivity index (χ3v) is 3.31. The van der Waals surface area contributed by atoms with Crippen LogP contribution < -0.4 is 4.90 Å². The molecule has 0 aliphatic carbocycles. The minimum absolute atomic E-state index is 0.0139.